The molecule has 0 saturated carbocycles. The molecule has 42 heavy (non-hydrogen) atoms. The van der Waals surface area contributed by atoms with Gasteiger partial charge in [-0.1, -0.05) is 0 Å². The first kappa shape index (κ1) is 27.7. The summed E-state index contributed by atoms with van der Waals surface area (Å²) in [6, 6.07) is 0. The van der Waals surface area contributed by atoms with Crippen molar-refractivity contribution in [2.24, 2.45) is 0 Å². The van der Waals surface area contributed by atoms with Crippen molar-refractivity contribution in [3.63, 3.8) is 0 Å². The maximum Gasteiger partial charge on any atom is 0.472 e. The Kier molecular flexibility index (Phi) is 6.74. The highest BCUT2D eigenvalue weighted by molar-refractivity contribution is 7.47. The topological polar surface area (TPSA) is 269 Å². The molecule has 3 aliphatic heterocycles. The lowest BCUT2D eigenvalue weighted by Crippen LogP contribution is -2.32. The number of nitrogens with zero attached hydrogens (tertiary/aromatic N) is 8. The Morgan fingerprint density at radius 3 is 1.55 bits per heavy atom. The molecule has 3 fully saturated rings. The van der Waals surface area contributed by atoms with Gasteiger partial charge in [0.1, 0.15) is 60.6 Å². The molecule has 0 spiro atoms. The van der Waals surface area contributed by atoms with Gasteiger partial charge in [0.05, 0.1) is 25.9 Å². The van der Waals surface area contributed by atoms with Crippen LogP contribution < -0.4 is 11.5 Å². The molecule has 0 radical (unpaired) electrons. The van der Waals surface area contributed by atoms with Gasteiger partial charge in [-0.15, -0.1) is 0 Å². The smallest absolute Gasteiger partial charge is 0.382 e. The zero-order chi connectivity index (χ0) is 29.2. The Morgan fingerprint density at radius 1 is 0.690 bits per heavy atom. The van der Waals surface area contributed by atoms with Gasteiger partial charge in [-0.25, -0.2) is 39.0 Å². The van der Waals surface area contributed by atoms with Crippen molar-refractivity contribution in [2.75, 3.05) is 24.7 Å². The predicted molar refractivity (Wildman–Crippen MR) is 138 cm³/mol. The Labute approximate surface area is 235 Å². The van der Waals surface area contributed by atoms with Gasteiger partial charge >= 0.3 is 15.6 Å². The van der Waals surface area contributed by atoms with E-state index >= 15 is 0 Å². The van der Waals surface area contributed by atoms with E-state index in [9.17, 15) is 18.9 Å². The zero-order valence-corrected chi connectivity index (χ0v) is 23.2. The molecule has 0 bridgehead atoms. The maximum absolute atomic E-state index is 13.0. The number of phosphoric acid groups is 2. The third-order valence-corrected chi connectivity index (χ3v) is 9.12. The number of phosphoric ester groups is 2. The molecule has 6 N–H and O–H groups in total. The minimum absolute atomic E-state index is 0.0111. The molecule has 7 heterocycles. The first-order valence-corrected chi connectivity index (χ1v) is 15.5. The number of nitrogen functional groups attached to an aromatic ring is 2. The van der Waals surface area contributed by atoms with Crippen molar-refractivity contribution in [2.45, 2.75) is 49.7 Å². The lowest BCUT2D eigenvalue weighted by atomic mass is 10.2. The van der Waals surface area contributed by atoms with Gasteiger partial charge in [0.2, 0.25) is 0 Å². The Bertz CT molecular complexity index is 1630. The molecule has 7 rings (SSSR count). The van der Waals surface area contributed by atoms with Crippen LogP contribution in [0.3, 0.4) is 0 Å². The van der Waals surface area contributed by atoms with Gasteiger partial charge in [0.25, 0.3) is 0 Å². The summed E-state index contributed by atoms with van der Waals surface area (Å²) < 4.78 is 62.5. The highest BCUT2D eigenvalue weighted by Gasteiger charge is 2.47. The first-order chi connectivity index (χ1) is 20.1. The molecule has 2 unspecified atom stereocenters. The van der Waals surface area contributed by atoms with E-state index in [0.717, 1.165) is 0 Å². The molecule has 22 heteroatoms. The molecule has 0 amide bonds. The quantitative estimate of drug-likeness (QED) is 0.219. The van der Waals surface area contributed by atoms with E-state index in [0.29, 0.717) is 22.3 Å². The molecule has 0 aliphatic carbocycles. The van der Waals surface area contributed by atoms with Crippen LogP contribution in [-0.2, 0) is 36.7 Å². The normalized spacial score (nSPS) is 36.0. The van der Waals surface area contributed by atoms with Crippen LogP contribution in [0.1, 0.15) is 25.3 Å². The monoisotopic (exact) mass is 626 g/mol. The third-order valence-electron chi connectivity index (χ3n) is 7.10. The van der Waals surface area contributed by atoms with E-state index in [2.05, 4.69) is 29.9 Å². The fourth-order valence-electron chi connectivity index (χ4n) is 5.16. The average Bonchev–Trinajstić information content (AvgIpc) is 3.71. The van der Waals surface area contributed by atoms with Crippen LogP contribution in [0.5, 0.6) is 0 Å². The molecule has 0 aromatic carbocycles. The summed E-state index contributed by atoms with van der Waals surface area (Å²) in [7, 11) is -9.41. The van der Waals surface area contributed by atoms with Crippen LogP contribution in [0.15, 0.2) is 25.3 Å². The lowest BCUT2D eigenvalue weighted by molar-refractivity contribution is -0.0661. The fourth-order valence-corrected chi connectivity index (χ4v) is 7.08. The second kappa shape index (κ2) is 10.2. The maximum atomic E-state index is 13.0. The third kappa shape index (κ3) is 5.05. The van der Waals surface area contributed by atoms with E-state index in [1.165, 1.54) is 34.4 Å². The molecular weight excluding hydrogens is 602 g/mol. The second-order valence-electron chi connectivity index (χ2n) is 9.71. The van der Waals surface area contributed by atoms with Gasteiger partial charge in [-0.05, 0) is 0 Å². The van der Waals surface area contributed by atoms with E-state index in [1.807, 2.05) is 0 Å². The van der Waals surface area contributed by atoms with E-state index in [1.54, 1.807) is 0 Å². The first-order valence-electron chi connectivity index (χ1n) is 12.6. The summed E-state index contributed by atoms with van der Waals surface area (Å²) in [6.45, 7) is -1.05. The Balaban J connectivity index is 1.12. The molecular formula is C20H24N10O10P2. The zero-order valence-electron chi connectivity index (χ0n) is 21.4. The van der Waals surface area contributed by atoms with Gasteiger partial charge in [0.15, 0.2) is 22.9 Å². The summed E-state index contributed by atoms with van der Waals surface area (Å²) in [4.78, 5) is 45.7. The summed E-state index contributed by atoms with van der Waals surface area (Å²) in [5, 5.41) is 0. The van der Waals surface area contributed by atoms with Gasteiger partial charge in [-0.2, -0.15) is 0 Å². The largest absolute Gasteiger partial charge is 0.472 e. The number of ether oxygens (including phenoxy) is 2. The van der Waals surface area contributed by atoms with Crippen molar-refractivity contribution in [3.8, 4) is 0 Å². The average molecular weight is 626 g/mol. The van der Waals surface area contributed by atoms with Gasteiger partial charge < -0.3 is 30.7 Å². The van der Waals surface area contributed by atoms with E-state index in [-0.39, 0.29) is 24.5 Å². The van der Waals surface area contributed by atoms with Crippen molar-refractivity contribution in [1.29, 1.82) is 0 Å². The number of fused-ring (bicyclic) bond motifs is 4. The molecule has 4 aromatic rings. The molecule has 3 aliphatic rings. The summed E-state index contributed by atoms with van der Waals surface area (Å²) in [6.07, 6.45) is -0.598. The number of aromatic nitrogens is 8. The molecule has 20 nitrogen and oxygen atoms in total. The SMILES string of the molecule is Nc1ncnc2c1ncn2[C@H]1C[C@@H]2OP(=O)(O)OC[C@H]3O[C@@H](n4cnc5c(N)ncnc54)C[C@@H]3OP(=O)(O)OC[C@H]2O1. The fraction of sp³-hybridized carbons (Fsp3) is 0.500. The number of anilines is 2. The standard InChI is InChI=1S/C20H24N10O10P2/c21-17-15-19(25-5-23-17)29(7-27-15)13-1-9-11(37-13)3-35-42(33,34)40-10-2-14(38-12(10)4-36-41(31,32)39-9)30-8-28-16-18(22)24-6-26-20(16)30/h5-14H,1-4H2,(H,31,32)(H,33,34)(H2,21,23,25)(H2,22,24,26)/t9-,10-,11+,12+,13+,14+/m0/s1. The Morgan fingerprint density at radius 2 is 1.12 bits per heavy atom. The Hall–Kier alpha value is -3.16. The molecule has 3 saturated heterocycles. The number of hydrogen-bond donors (Lipinski definition) is 4. The van der Waals surface area contributed by atoms with Crippen molar-refractivity contribution in [1.82, 2.24) is 39.0 Å². The summed E-state index contributed by atoms with van der Waals surface area (Å²) in [5.74, 6) is 0.311. The van der Waals surface area contributed by atoms with Crippen molar-refractivity contribution in [3.05, 3.63) is 25.3 Å². The summed E-state index contributed by atoms with van der Waals surface area (Å²) >= 11 is 0. The number of hydrogen-bond acceptors (Lipinski definition) is 16. The highest BCUT2D eigenvalue weighted by atomic mass is 31.2. The highest BCUT2D eigenvalue weighted by Crippen LogP contribution is 2.53. The minimum atomic E-state index is -4.70. The van der Waals surface area contributed by atoms with Crippen LogP contribution in [-0.4, -0.2) is 86.5 Å². The number of rotatable bonds is 2. The minimum Gasteiger partial charge on any atom is -0.382 e. The van der Waals surface area contributed by atoms with Crippen molar-refractivity contribution < 1.29 is 46.5 Å². The van der Waals surface area contributed by atoms with E-state index < -0.39 is 65.7 Å². The molecule has 8 atom stereocenters. The van der Waals surface area contributed by atoms with Crippen LogP contribution in [0.25, 0.3) is 22.3 Å². The van der Waals surface area contributed by atoms with Crippen LogP contribution in [0.2, 0.25) is 0 Å². The lowest BCUT2D eigenvalue weighted by Gasteiger charge is -2.26. The van der Waals surface area contributed by atoms with Crippen LogP contribution >= 0.6 is 15.6 Å². The van der Waals surface area contributed by atoms with Crippen molar-refractivity contribution >= 4 is 49.6 Å². The molecule has 224 valence electrons. The van der Waals surface area contributed by atoms with Crippen LogP contribution in [0, 0.1) is 0 Å². The van der Waals surface area contributed by atoms with Gasteiger partial charge in [-0.3, -0.25) is 27.2 Å². The van der Waals surface area contributed by atoms with E-state index in [4.69, 9.17) is 39.0 Å². The summed E-state index contributed by atoms with van der Waals surface area (Å²) in [5.41, 5.74) is 13.1. The number of nitrogens with two attached hydrogens (primary N) is 2. The second-order valence-corrected chi connectivity index (χ2v) is 12.5. The molecule has 4 aromatic heterocycles. The predicted octanol–water partition coefficient (Wildman–Crippen LogP) is 0.424. The van der Waals surface area contributed by atoms with Crippen LogP contribution in [0.4, 0.5) is 11.6 Å². The van der Waals surface area contributed by atoms with Gasteiger partial charge in [0, 0.05) is 12.8 Å². The number of imidazole rings is 2.